The largest absolute Gasteiger partial charge is 0.455 e. The summed E-state index contributed by atoms with van der Waals surface area (Å²) >= 11 is 0. The molecule has 0 atom stereocenters. The van der Waals surface area contributed by atoms with Gasteiger partial charge in [-0.1, -0.05) is 55.6 Å². The topological polar surface area (TPSA) is 13.1 Å². The Bertz CT molecular complexity index is 731. The highest BCUT2D eigenvalue weighted by Crippen LogP contribution is 2.33. The predicted molar refractivity (Wildman–Crippen MR) is 73.0 cm³/mol. The number of fused-ring (bicyclic) bond motifs is 3. The lowest BCUT2D eigenvalue weighted by atomic mass is 10.0. The van der Waals surface area contributed by atoms with Crippen molar-refractivity contribution >= 4 is 27.5 Å². The zero-order chi connectivity index (χ0) is 11.8. The van der Waals surface area contributed by atoms with E-state index in [-0.39, 0.29) is 0 Å². The summed E-state index contributed by atoms with van der Waals surface area (Å²) in [7, 11) is 0. The minimum atomic E-state index is 0.884. The maximum atomic E-state index is 5.90. The third kappa shape index (κ3) is 1.40. The number of benzene rings is 2. The lowest BCUT2D eigenvalue weighted by molar-refractivity contribution is 0.668. The van der Waals surface area contributed by atoms with Gasteiger partial charge in [0.25, 0.3) is 0 Å². The molecule has 0 bridgehead atoms. The second-order valence-electron chi connectivity index (χ2n) is 4.01. The summed E-state index contributed by atoms with van der Waals surface area (Å²) in [6, 6.07) is 14.2. The van der Waals surface area contributed by atoms with Crippen LogP contribution in [0, 0.1) is 0 Å². The average molecular weight is 220 g/mol. The van der Waals surface area contributed by atoms with Gasteiger partial charge in [0.2, 0.25) is 0 Å². The summed E-state index contributed by atoms with van der Waals surface area (Å²) in [4.78, 5) is 0. The van der Waals surface area contributed by atoms with Crippen molar-refractivity contribution in [1.82, 2.24) is 0 Å². The molecule has 3 aromatic rings. The van der Waals surface area contributed by atoms with E-state index in [1.54, 1.807) is 6.08 Å². The number of rotatable bonds is 2. The first-order chi connectivity index (χ1) is 8.31. The van der Waals surface area contributed by atoms with Gasteiger partial charge in [-0.05, 0) is 11.6 Å². The molecule has 2 aromatic carbocycles. The van der Waals surface area contributed by atoms with Crippen LogP contribution < -0.4 is 0 Å². The molecule has 0 aliphatic heterocycles. The summed E-state index contributed by atoms with van der Waals surface area (Å²) in [6.45, 7) is 7.74. The molecule has 0 saturated carbocycles. The Labute approximate surface area is 99.7 Å². The molecule has 0 radical (unpaired) electrons. The van der Waals surface area contributed by atoms with Gasteiger partial charge in [0, 0.05) is 16.3 Å². The third-order valence-corrected chi connectivity index (χ3v) is 3.00. The molecule has 82 valence electrons. The zero-order valence-corrected chi connectivity index (χ0v) is 9.44. The zero-order valence-electron chi connectivity index (χ0n) is 9.44. The fourth-order valence-electron chi connectivity index (χ4n) is 2.11. The van der Waals surface area contributed by atoms with Crippen molar-refractivity contribution in [2.75, 3.05) is 0 Å². The maximum Gasteiger partial charge on any atom is 0.143 e. The Morgan fingerprint density at radius 3 is 2.59 bits per heavy atom. The molecule has 0 amide bonds. The van der Waals surface area contributed by atoms with E-state index in [1.165, 1.54) is 0 Å². The van der Waals surface area contributed by atoms with Gasteiger partial charge in [-0.15, -0.1) is 0 Å². The van der Waals surface area contributed by atoms with Gasteiger partial charge in [-0.2, -0.15) is 0 Å². The molecule has 0 aliphatic carbocycles. The van der Waals surface area contributed by atoms with E-state index < -0.39 is 0 Å². The Morgan fingerprint density at radius 1 is 1.00 bits per heavy atom. The van der Waals surface area contributed by atoms with Crippen LogP contribution in [0.1, 0.15) is 5.56 Å². The van der Waals surface area contributed by atoms with Gasteiger partial charge in [-0.25, -0.2) is 0 Å². The highest BCUT2D eigenvalue weighted by Gasteiger charge is 2.10. The van der Waals surface area contributed by atoms with Crippen LogP contribution in [-0.4, -0.2) is 0 Å². The van der Waals surface area contributed by atoms with E-state index in [2.05, 4.69) is 25.3 Å². The number of hydrogen-bond donors (Lipinski definition) is 0. The highest BCUT2D eigenvalue weighted by molar-refractivity contribution is 6.08. The SMILES string of the molecule is C=CC(=C)c1cccc2c1oc1ccccc12. The first-order valence-corrected chi connectivity index (χ1v) is 5.53. The summed E-state index contributed by atoms with van der Waals surface area (Å²) in [5.41, 5.74) is 3.69. The molecule has 3 rings (SSSR count). The molecule has 17 heavy (non-hydrogen) atoms. The molecule has 0 unspecified atom stereocenters. The van der Waals surface area contributed by atoms with Crippen molar-refractivity contribution in [1.29, 1.82) is 0 Å². The number of hydrogen-bond acceptors (Lipinski definition) is 1. The fourth-order valence-corrected chi connectivity index (χ4v) is 2.11. The van der Waals surface area contributed by atoms with Crippen LogP contribution >= 0.6 is 0 Å². The highest BCUT2D eigenvalue weighted by atomic mass is 16.3. The summed E-state index contributed by atoms with van der Waals surface area (Å²) < 4.78 is 5.90. The molecule has 0 saturated heterocycles. The van der Waals surface area contributed by atoms with Crippen LogP contribution in [0.2, 0.25) is 0 Å². The lowest BCUT2D eigenvalue weighted by Crippen LogP contribution is -1.78. The monoisotopic (exact) mass is 220 g/mol. The van der Waals surface area contributed by atoms with Crippen LogP contribution in [0.25, 0.3) is 27.5 Å². The van der Waals surface area contributed by atoms with Crippen molar-refractivity contribution in [3.8, 4) is 0 Å². The summed E-state index contributed by atoms with van der Waals surface area (Å²) in [5.74, 6) is 0. The number of furan rings is 1. The second-order valence-corrected chi connectivity index (χ2v) is 4.01. The molecule has 1 heterocycles. The third-order valence-electron chi connectivity index (χ3n) is 3.00. The Balaban J connectivity index is 2.47. The van der Waals surface area contributed by atoms with Gasteiger partial charge < -0.3 is 4.42 Å². The molecular weight excluding hydrogens is 208 g/mol. The lowest BCUT2D eigenvalue weighted by Gasteiger charge is -2.00. The number of allylic oxidation sites excluding steroid dienone is 2. The van der Waals surface area contributed by atoms with E-state index in [0.717, 1.165) is 33.1 Å². The minimum Gasteiger partial charge on any atom is -0.455 e. The summed E-state index contributed by atoms with van der Waals surface area (Å²) in [5, 5.41) is 2.27. The van der Waals surface area contributed by atoms with E-state index in [1.807, 2.05) is 30.3 Å². The molecule has 0 N–H and O–H groups in total. The average Bonchev–Trinajstić information content (AvgIpc) is 2.76. The van der Waals surface area contributed by atoms with Gasteiger partial charge in [0.1, 0.15) is 11.2 Å². The summed E-state index contributed by atoms with van der Waals surface area (Å²) in [6.07, 6.45) is 1.75. The molecular formula is C16H12O. The van der Waals surface area contributed by atoms with Gasteiger partial charge in [0.05, 0.1) is 0 Å². The van der Waals surface area contributed by atoms with Crippen LogP contribution in [-0.2, 0) is 0 Å². The quantitative estimate of drug-likeness (QED) is 0.566. The van der Waals surface area contributed by atoms with Crippen LogP contribution in [0.15, 0.2) is 66.1 Å². The van der Waals surface area contributed by atoms with Crippen LogP contribution in [0.5, 0.6) is 0 Å². The first-order valence-electron chi connectivity index (χ1n) is 5.53. The smallest absolute Gasteiger partial charge is 0.143 e. The minimum absolute atomic E-state index is 0.884. The molecule has 1 heteroatoms. The molecule has 1 nitrogen and oxygen atoms in total. The Kier molecular flexibility index (Phi) is 2.12. The van der Waals surface area contributed by atoms with Crippen molar-refractivity contribution in [2.45, 2.75) is 0 Å². The first kappa shape index (κ1) is 9.91. The molecule has 0 fully saturated rings. The van der Waals surface area contributed by atoms with Crippen LogP contribution in [0.4, 0.5) is 0 Å². The van der Waals surface area contributed by atoms with Gasteiger partial charge >= 0.3 is 0 Å². The molecule has 1 aromatic heterocycles. The van der Waals surface area contributed by atoms with E-state index in [9.17, 15) is 0 Å². The van der Waals surface area contributed by atoms with Crippen LogP contribution in [0.3, 0.4) is 0 Å². The Hall–Kier alpha value is -2.28. The van der Waals surface area contributed by atoms with Crippen molar-refractivity contribution in [3.63, 3.8) is 0 Å². The van der Waals surface area contributed by atoms with Gasteiger partial charge in [-0.3, -0.25) is 0 Å². The van der Waals surface area contributed by atoms with Crippen molar-refractivity contribution in [2.24, 2.45) is 0 Å². The number of para-hydroxylation sites is 2. The standard InChI is InChI=1S/C16H12O/c1-3-11(2)12-8-6-9-14-13-7-4-5-10-15(13)17-16(12)14/h3-10H,1-2H2. The van der Waals surface area contributed by atoms with E-state index in [0.29, 0.717) is 0 Å². The van der Waals surface area contributed by atoms with E-state index >= 15 is 0 Å². The molecule has 0 spiro atoms. The van der Waals surface area contributed by atoms with Crippen molar-refractivity contribution in [3.05, 3.63) is 67.3 Å². The van der Waals surface area contributed by atoms with Crippen molar-refractivity contribution < 1.29 is 4.42 Å². The van der Waals surface area contributed by atoms with E-state index in [4.69, 9.17) is 4.42 Å². The molecule has 0 aliphatic rings. The maximum absolute atomic E-state index is 5.90. The Morgan fingerprint density at radius 2 is 1.76 bits per heavy atom. The second kappa shape index (κ2) is 3.63. The van der Waals surface area contributed by atoms with Gasteiger partial charge in [0.15, 0.2) is 0 Å². The fraction of sp³-hybridized carbons (Fsp3) is 0. The normalized spacial score (nSPS) is 10.8. The predicted octanol–water partition coefficient (Wildman–Crippen LogP) is 4.79.